The molecule has 1 aliphatic carbocycles. The van der Waals surface area contributed by atoms with Crippen LogP contribution in [0.2, 0.25) is 0 Å². The average Bonchev–Trinajstić information content (AvgIpc) is 2.78. The molecule has 0 N–H and O–H groups in total. The summed E-state index contributed by atoms with van der Waals surface area (Å²) in [6.07, 6.45) is 8.19. The second-order valence-electron chi connectivity index (χ2n) is 8.91. The molecule has 0 aromatic heterocycles. The first-order valence-electron chi connectivity index (χ1n) is 11.5. The molecule has 0 radical (unpaired) electrons. The van der Waals surface area contributed by atoms with Crippen LogP contribution in [0.25, 0.3) is 10.8 Å². The van der Waals surface area contributed by atoms with Crippen molar-refractivity contribution in [3.63, 3.8) is 0 Å². The maximum absolute atomic E-state index is 14.8. The van der Waals surface area contributed by atoms with E-state index in [9.17, 15) is 4.39 Å². The van der Waals surface area contributed by atoms with Crippen molar-refractivity contribution in [3.8, 4) is 11.8 Å². The molecule has 0 spiro atoms. The molecule has 1 aliphatic rings. The Labute approximate surface area is 180 Å². The zero-order chi connectivity index (χ0) is 20.9. The molecule has 0 bridgehead atoms. The molecule has 3 aromatic rings. The van der Waals surface area contributed by atoms with Crippen LogP contribution in [0.15, 0.2) is 54.6 Å². The fraction of sp³-hybridized carbons (Fsp3) is 0.379. The topological polar surface area (TPSA) is 0 Å². The minimum Gasteiger partial charge on any atom is -0.206 e. The van der Waals surface area contributed by atoms with Crippen LogP contribution in [-0.2, 0) is 6.42 Å². The summed E-state index contributed by atoms with van der Waals surface area (Å²) in [6.45, 7) is 4.50. The Kier molecular flexibility index (Phi) is 6.53. The van der Waals surface area contributed by atoms with E-state index in [1.54, 1.807) is 0 Å². The van der Waals surface area contributed by atoms with Gasteiger partial charge >= 0.3 is 0 Å². The standard InChI is InChI=1S/C29H31F/c1-3-4-5-26-17-18-27-20-23(12-19-28(27)29(26)30)9-8-22-10-15-25(16-11-22)24-13-6-21(2)7-14-24/h10-12,15-21,24H,3-7,13-14H2,1-2H3. The molecular weight excluding hydrogens is 367 g/mol. The van der Waals surface area contributed by atoms with Crippen LogP contribution < -0.4 is 0 Å². The number of hydrogen-bond donors (Lipinski definition) is 0. The van der Waals surface area contributed by atoms with Gasteiger partial charge in [0.15, 0.2) is 0 Å². The normalized spacial score (nSPS) is 18.8. The fourth-order valence-corrected chi connectivity index (χ4v) is 4.55. The Hall–Kier alpha value is -2.59. The van der Waals surface area contributed by atoms with Crippen LogP contribution in [-0.4, -0.2) is 0 Å². The largest absolute Gasteiger partial charge is 0.206 e. The van der Waals surface area contributed by atoms with Gasteiger partial charge < -0.3 is 0 Å². The van der Waals surface area contributed by atoms with Crippen LogP contribution in [0.1, 0.15) is 80.5 Å². The number of halogens is 1. The maximum Gasteiger partial charge on any atom is 0.134 e. The molecule has 1 heteroatoms. The lowest BCUT2D eigenvalue weighted by Gasteiger charge is -2.26. The van der Waals surface area contributed by atoms with Gasteiger partial charge in [0, 0.05) is 16.5 Å². The van der Waals surface area contributed by atoms with Gasteiger partial charge in [0.25, 0.3) is 0 Å². The highest BCUT2D eigenvalue weighted by Gasteiger charge is 2.19. The van der Waals surface area contributed by atoms with E-state index in [2.05, 4.69) is 50.0 Å². The number of fused-ring (bicyclic) bond motifs is 1. The van der Waals surface area contributed by atoms with E-state index >= 15 is 0 Å². The summed E-state index contributed by atoms with van der Waals surface area (Å²) in [5.41, 5.74) is 4.22. The number of unbranched alkanes of at least 4 members (excludes halogenated alkanes) is 1. The van der Waals surface area contributed by atoms with Gasteiger partial charge in [-0.05, 0) is 78.3 Å². The highest BCUT2D eigenvalue weighted by molar-refractivity contribution is 5.85. The molecule has 0 unspecified atom stereocenters. The minimum atomic E-state index is -0.0758. The van der Waals surface area contributed by atoms with Crippen molar-refractivity contribution in [2.45, 2.75) is 64.7 Å². The van der Waals surface area contributed by atoms with Gasteiger partial charge in [0.2, 0.25) is 0 Å². The Morgan fingerprint density at radius 2 is 1.57 bits per heavy atom. The average molecular weight is 399 g/mol. The van der Waals surface area contributed by atoms with E-state index in [1.807, 2.05) is 30.3 Å². The van der Waals surface area contributed by atoms with Crippen LogP contribution >= 0.6 is 0 Å². The maximum atomic E-state index is 14.8. The van der Waals surface area contributed by atoms with Crippen LogP contribution in [0.3, 0.4) is 0 Å². The third-order valence-corrected chi connectivity index (χ3v) is 6.58. The molecule has 3 aromatic carbocycles. The third-order valence-electron chi connectivity index (χ3n) is 6.58. The summed E-state index contributed by atoms with van der Waals surface area (Å²) in [6, 6.07) is 18.5. The summed E-state index contributed by atoms with van der Waals surface area (Å²) in [4.78, 5) is 0. The summed E-state index contributed by atoms with van der Waals surface area (Å²) in [7, 11) is 0. The number of hydrogen-bond acceptors (Lipinski definition) is 0. The molecule has 0 amide bonds. The highest BCUT2D eigenvalue weighted by atomic mass is 19.1. The first kappa shape index (κ1) is 20.7. The van der Waals surface area contributed by atoms with Crippen molar-refractivity contribution in [1.29, 1.82) is 0 Å². The zero-order valence-corrected chi connectivity index (χ0v) is 18.2. The van der Waals surface area contributed by atoms with Gasteiger partial charge in [-0.25, -0.2) is 4.39 Å². The monoisotopic (exact) mass is 398 g/mol. The van der Waals surface area contributed by atoms with Crippen molar-refractivity contribution in [1.82, 2.24) is 0 Å². The Morgan fingerprint density at radius 3 is 2.30 bits per heavy atom. The van der Waals surface area contributed by atoms with E-state index in [1.165, 1.54) is 31.2 Å². The third kappa shape index (κ3) is 4.76. The van der Waals surface area contributed by atoms with Gasteiger partial charge in [0.05, 0.1) is 0 Å². The van der Waals surface area contributed by atoms with Crippen LogP contribution in [0.4, 0.5) is 4.39 Å². The van der Waals surface area contributed by atoms with Gasteiger partial charge in [0.1, 0.15) is 5.82 Å². The van der Waals surface area contributed by atoms with Gasteiger partial charge in [-0.3, -0.25) is 0 Å². The van der Waals surface area contributed by atoms with E-state index in [-0.39, 0.29) is 5.82 Å². The van der Waals surface area contributed by atoms with Crippen molar-refractivity contribution in [2.75, 3.05) is 0 Å². The summed E-state index contributed by atoms with van der Waals surface area (Å²) in [5.74, 6) is 8.04. The molecule has 0 nitrogen and oxygen atoms in total. The van der Waals surface area contributed by atoms with E-state index in [0.717, 1.165) is 47.3 Å². The quantitative estimate of drug-likeness (QED) is 0.390. The lowest BCUT2D eigenvalue weighted by Crippen LogP contribution is -2.10. The predicted molar refractivity (Wildman–Crippen MR) is 125 cm³/mol. The van der Waals surface area contributed by atoms with E-state index < -0.39 is 0 Å². The SMILES string of the molecule is CCCCc1ccc2cc(C#Cc3ccc(C4CCC(C)CC4)cc3)ccc2c1F. The molecule has 0 atom stereocenters. The first-order valence-corrected chi connectivity index (χ1v) is 11.5. The van der Waals surface area contributed by atoms with Gasteiger partial charge in [-0.1, -0.05) is 75.3 Å². The fourth-order valence-electron chi connectivity index (χ4n) is 4.55. The Balaban J connectivity index is 1.49. The molecule has 30 heavy (non-hydrogen) atoms. The highest BCUT2D eigenvalue weighted by Crippen LogP contribution is 2.35. The number of rotatable bonds is 4. The summed E-state index contributed by atoms with van der Waals surface area (Å²) in [5, 5.41) is 1.61. The van der Waals surface area contributed by atoms with Crippen LogP contribution in [0, 0.1) is 23.6 Å². The van der Waals surface area contributed by atoms with Gasteiger partial charge in [-0.2, -0.15) is 0 Å². The molecule has 0 saturated heterocycles. The van der Waals surface area contributed by atoms with Crippen LogP contribution in [0.5, 0.6) is 0 Å². The molecule has 0 aliphatic heterocycles. The molecular formula is C29H31F. The molecule has 4 rings (SSSR count). The second kappa shape index (κ2) is 9.48. The van der Waals surface area contributed by atoms with Crippen molar-refractivity contribution in [3.05, 3.63) is 82.7 Å². The van der Waals surface area contributed by atoms with Crippen molar-refractivity contribution in [2.24, 2.45) is 5.92 Å². The Morgan fingerprint density at radius 1 is 0.867 bits per heavy atom. The summed E-state index contributed by atoms with van der Waals surface area (Å²) >= 11 is 0. The lowest BCUT2D eigenvalue weighted by molar-refractivity contribution is 0.348. The molecule has 1 saturated carbocycles. The summed E-state index contributed by atoms with van der Waals surface area (Å²) < 4.78 is 14.8. The predicted octanol–water partition coefficient (Wildman–Crippen LogP) is 8.02. The number of aryl methyl sites for hydroxylation is 1. The van der Waals surface area contributed by atoms with E-state index in [4.69, 9.17) is 0 Å². The number of benzene rings is 3. The lowest BCUT2D eigenvalue weighted by atomic mass is 9.79. The van der Waals surface area contributed by atoms with Crippen molar-refractivity contribution >= 4 is 10.8 Å². The molecule has 154 valence electrons. The molecule has 0 heterocycles. The molecule has 1 fully saturated rings. The van der Waals surface area contributed by atoms with E-state index in [0.29, 0.717) is 11.3 Å². The Bertz CT molecular complexity index is 1060. The van der Waals surface area contributed by atoms with Crippen molar-refractivity contribution < 1.29 is 4.39 Å². The minimum absolute atomic E-state index is 0.0758. The van der Waals surface area contributed by atoms with Gasteiger partial charge in [-0.15, -0.1) is 0 Å². The zero-order valence-electron chi connectivity index (χ0n) is 18.2. The first-order chi connectivity index (χ1) is 14.6. The second-order valence-corrected chi connectivity index (χ2v) is 8.91. The smallest absolute Gasteiger partial charge is 0.134 e.